The molecule has 2 heterocycles. The van der Waals surface area contributed by atoms with Gasteiger partial charge in [0.1, 0.15) is 17.4 Å². The number of hydrogen-bond acceptors (Lipinski definition) is 4. The van der Waals surface area contributed by atoms with Crippen molar-refractivity contribution in [3.05, 3.63) is 41.0 Å². The number of ether oxygens (including phenoxy) is 1. The van der Waals surface area contributed by atoms with Gasteiger partial charge in [0.25, 0.3) is 0 Å². The van der Waals surface area contributed by atoms with E-state index >= 15 is 0 Å². The maximum absolute atomic E-state index is 14.1. The molecule has 5 nitrogen and oxygen atoms in total. The Kier molecular flexibility index (Phi) is 6.32. The highest BCUT2D eigenvalue weighted by molar-refractivity contribution is 5.85. The van der Waals surface area contributed by atoms with Crippen molar-refractivity contribution in [3.8, 4) is 16.9 Å². The summed E-state index contributed by atoms with van der Waals surface area (Å²) in [6.45, 7) is 6.33. The summed E-state index contributed by atoms with van der Waals surface area (Å²) in [5.41, 5.74) is 5.48. The van der Waals surface area contributed by atoms with Crippen LogP contribution >= 0.6 is 12.4 Å². The summed E-state index contributed by atoms with van der Waals surface area (Å²) in [4.78, 5) is 4.96. The molecule has 1 aliphatic rings. The Labute approximate surface area is 177 Å². The van der Waals surface area contributed by atoms with Crippen molar-refractivity contribution in [2.45, 2.75) is 58.9 Å². The van der Waals surface area contributed by atoms with Crippen molar-refractivity contribution < 1.29 is 9.13 Å². The van der Waals surface area contributed by atoms with Crippen LogP contribution in [0.1, 0.15) is 50.1 Å². The van der Waals surface area contributed by atoms with Gasteiger partial charge in [0.05, 0.1) is 18.4 Å². The van der Waals surface area contributed by atoms with Crippen LogP contribution in [-0.2, 0) is 12.8 Å². The standard InChI is InChI=1S/C22H27FN4O.ClH/c1-5-15(6-2)24-21-16-8-7-9-18(16)25-22-20(13(3)26-27(21)22)17-12-14(23)10-11-19(17)28-4;/h10-12,15,24H,5-9H2,1-4H3;1H. The van der Waals surface area contributed by atoms with Gasteiger partial charge in [-0.15, -0.1) is 12.4 Å². The van der Waals surface area contributed by atoms with Crippen molar-refractivity contribution in [1.29, 1.82) is 0 Å². The number of benzene rings is 1. The molecule has 156 valence electrons. The van der Waals surface area contributed by atoms with Gasteiger partial charge in [-0.3, -0.25) is 0 Å². The van der Waals surface area contributed by atoms with Gasteiger partial charge >= 0.3 is 0 Å². The molecule has 0 saturated heterocycles. The van der Waals surface area contributed by atoms with Crippen LogP contribution in [0.25, 0.3) is 16.8 Å². The summed E-state index contributed by atoms with van der Waals surface area (Å²) >= 11 is 0. The number of methoxy groups -OCH3 is 1. The predicted octanol–water partition coefficient (Wildman–Crippen LogP) is 5.36. The molecule has 0 unspecified atom stereocenters. The first-order chi connectivity index (χ1) is 13.6. The third-order valence-electron chi connectivity index (χ3n) is 5.72. The Bertz CT molecular complexity index is 1030. The maximum atomic E-state index is 14.1. The van der Waals surface area contributed by atoms with Crippen LogP contribution in [0.5, 0.6) is 5.75 Å². The van der Waals surface area contributed by atoms with Crippen LogP contribution in [0, 0.1) is 12.7 Å². The van der Waals surface area contributed by atoms with Crippen molar-refractivity contribution in [3.63, 3.8) is 0 Å². The van der Waals surface area contributed by atoms with E-state index in [2.05, 4.69) is 19.2 Å². The van der Waals surface area contributed by atoms with Crippen LogP contribution in [0.15, 0.2) is 18.2 Å². The lowest BCUT2D eigenvalue weighted by molar-refractivity contribution is 0.415. The van der Waals surface area contributed by atoms with Gasteiger partial charge in [0.2, 0.25) is 0 Å². The lowest BCUT2D eigenvalue weighted by Crippen LogP contribution is -2.21. The molecule has 0 amide bonds. The Hall–Kier alpha value is -2.34. The fourth-order valence-electron chi connectivity index (χ4n) is 4.16. The molecule has 29 heavy (non-hydrogen) atoms. The Morgan fingerprint density at radius 2 is 2.00 bits per heavy atom. The lowest BCUT2D eigenvalue weighted by Gasteiger charge is -2.20. The van der Waals surface area contributed by atoms with E-state index in [9.17, 15) is 4.39 Å². The predicted molar refractivity (Wildman–Crippen MR) is 117 cm³/mol. The number of nitrogens with zero attached hydrogens (tertiary/aromatic N) is 3. The molecule has 0 aliphatic heterocycles. The molecule has 0 atom stereocenters. The van der Waals surface area contributed by atoms with Gasteiger partial charge in [-0.2, -0.15) is 9.61 Å². The first-order valence-electron chi connectivity index (χ1n) is 10.1. The minimum atomic E-state index is -0.300. The fourth-order valence-corrected chi connectivity index (χ4v) is 4.16. The number of anilines is 1. The highest BCUT2D eigenvalue weighted by atomic mass is 35.5. The second-order valence-electron chi connectivity index (χ2n) is 7.44. The molecule has 1 aromatic carbocycles. The lowest BCUT2D eigenvalue weighted by atomic mass is 10.0. The average molecular weight is 419 g/mol. The van der Waals surface area contributed by atoms with E-state index < -0.39 is 0 Å². The minimum absolute atomic E-state index is 0. The summed E-state index contributed by atoms with van der Waals surface area (Å²) in [6.07, 6.45) is 5.16. The second kappa shape index (κ2) is 8.57. The molecule has 0 saturated carbocycles. The zero-order valence-electron chi connectivity index (χ0n) is 17.4. The van der Waals surface area contributed by atoms with Crippen LogP contribution in [0.3, 0.4) is 0 Å². The molecule has 4 rings (SSSR count). The van der Waals surface area contributed by atoms with Gasteiger partial charge in [0.15, 0.2) is 5.65 Å². The van der Waals surface area contributed by atoms with Gasteiger partial charge < -0.3 is 10.1 Å². The topological polar surface area (TPSA) is 51.5 Å². The molecule has 0 fully saturated rings. The summed E-state index contributed by atoms with van der Waals surface area (Å²) < 4.78 is 21.5. The molecule has 7 heteroatoms. The van der Waals surface area contributed by atoms with Crippen molar-refractivity contribution in [2.24, 2.45) is 0 Å². The second-order valence-corrected chi connectivity index (χ2v) is 7.44. The molecular weight excluding hydrogens is 391 g/mol. The molecular formula is C22H28ClFN4O. The number of rotatable bonds is 6. The largest absolute Gasteiger partial charge is 0.496 e. The Morgan fingerprint density at radius 3 is 2.69 bits per heavy atom. The summed E-state index contributed by atoms with van der Waals surface area (Å²) in [6, 6.07) is 4.96. The first kappa shape index (κ1) is 21.4. The highest BCUT2D eigenvalue weighted by Gasteiger charge is 2.26. The third kappa shape index (κ3) is 3.66. The number of aryl methyl sites for hydroxylation is 2. The van der Waals surface area contributed by atoms with E-state index in [0.717, 1.165) is 60.5 Å². The van der Waals surface area contributed by atoms with Crippen LogP contribution in [0.2, 0.25) is 0 Å². The Morgan fingerprint density at radius 1 is 1.24 bits per heavy atom. The molecule has 2 aromatic heterocycles. The van der Waals surface area contributed by atoms with Crippen molar-refractivity contribution in [2.75, 3.05) is 12.4 Å². The van der Waals surface area contributed by atoms with E-state index in [4.69, 9.17) is 14.8 Å². The number of nitrogens with one attached hydrogen (secondary N) is 1. The SMILES string of the molecule is CCC(CC)Nc1c2c(nc3c(-c4cc(F)ccc4OC)c(C)nn13)CCC2.Cl. The molecule has 0 spiro atoms. The summed E-state index contributed by atoms with van der Waals surface area (Å²) in [5, 5.41) is 8.52. The monoisotopic (exact) mass is 418 g/mol. The zero-order valence-corrected chi connectivity index (χ0v) is 18.2. The van der Waals surface area contributed by atoms with E-state index in [1.54, 1.807) is 13.2 Å². The normalized spacial score (nSPS) is 12.9. The molecule has 1 N–H and O–H groups in total. The quantitative estimate of drug-likeness (QED) is 0.585. The maximum Gasteiger partial charge on any atom is 0.165 e. The molecule has 0 radical (unpaired) electrons. The van der Waals surface area contributed by atoms with E-state index in [1.807, 2.05) is 11.4 Å². The van der Waals surface area contributed by atoms with E-state index in [0.29, 0.717) is 17.4 Å². The summed E-state index contributed by atoms with van der Waals surface area (Å²) in [7, 11) is 1.60. The Balaban J connectivity index is 0.00000240. The minimum Gasteiger partial charge on any atom is -0.496 e. The first-order valence-corrected chi connectivity index (χ1v) is 10.1. The van der Waals surface area contributed by atoms with Crippen molar-refractivity contribution >= 4 is 23.9 Å². The molecule has 0 bridgehead atoms. The van der Waals surface area contributed by atoms with Gasteiger partial charge in [0, 0.05) is 22.9 Å². The third-order valence-corrected chi connectivity index (χ3v) is 5.72. The number of halogens is 2. The van der Waals surface area contributed by atoms with Gasteiger partial charge in [-0.25, -0.2) is 9.37 Å². The van der Waals surface area contributed by atoms with Crippen LogP contribution in [-0.4, -0.2) is 27.7 Å². The number of hydrogen-bond donors (Lipinski definition) is 1. The van der Waals surface area contributed by atoms with Gasteiger partial charge in [-0.1, -0.05) is 13.8 Å². The number of aromatic nitrogens is 3. The van der Waals surface area contributed by atoms with Gasteiger partial charge in [-0.05, 0) is 57.2 Å². The van der Waals surface area contributed by atoms with Crippen LogP contribution < -0.4 is 10.1 Å². The van der Waals surface area contributed by atoms with Crippen LogP contribution in [0.4, 0.5) is 10.2 Å². The van der Waals surface area contributed by atoms with Crippen molar-refractivity contribution in [1.82, 2.24) is 14.6 Å². The zero-order chi connectivity index (χ0) is 19.8. The summed E-state index contributed by atoms with van der Waals surface area (Å²) in [5.74, 6) is 1.36. The van der Waals surface area contributed by atoms with E-state index in [1.165, 1.54) is 17.7 Å². The molecule has 1 aliphatic carbocycles. The van der Waals surface area contributed by atoms with E-state index in [-0.39, 0.29) is 18.2 Å². The smallest absolute Gasteiger partial charge is 0.165 e. The molecule has 3 aromatic rings. The fraction of sp³-hybridized carbons (Fsp3) is 0.455. The highest BCUT2D eigenvalue weighted by Crippen LogP contribution is 2.38. The number of fused-ring (bicyclic) bond motifs is 2. The average Bonchev–Trinajstić information content (AvgIpc) is 3.28.